The lowest BCUT2D eigenvalue weighted by Crippen LogP contribution is -2.21. The van der Waals surface area contributed by atoms with Crippen molar-refractivity contribution in [1.29, 1.82) is 0 Å². The third kappa shape index (κ3) is 1.93. The van der Waals surface area contributed by atoms with Crippen molar-refractivity contribution in [3.8, 4) is 0 Å². The first-order chi connectivity index (χ1) is 8.77. The van der Waals surface area contributed by atoms with E-state index in [1.807, 2.05) is 0 Å². The van der Waals surface area contributed by atoms with Gasteiger partial charge in [0, 0.05) is 36.8 Å². The Labute approximate surface area is 108 Å². The zero-order valence-corrected chi connectivity index (χ0v) is 11.1. The van der Waals surface area contributed by atoms with Gasteiger partial charge in [0.1, 0.15) is 6.10 Å². The minimum absolute atomic E-state index is 0.171. The van der Waals surface area contributed by atoms with E-state index in [1.54, 1.807) is 0 Å². The summed E-state index contributed by atoms with van der Waals surface area (Å²) in [5.74, 6) is 0. The average Bonchev–Trinajstić information content (AvgIpc) is 2.57. The molecule has 3 rings (SSSR count). The SMILES string of the molecule is Cc1cccc2c1cc(C1CNCCCO1)n2C. The van der Waals surface area contributed by atoms with Gasteiger partial charge in [0.2, 0.25) is 0 Å². The standard InChI is InChI=1S/C15H20N2O/c1-11-5-3-6-13-12(11)9-14(17(13)2)15-10-16-7-4-8-18-15/h3,5-6,9,15-16H,4,7-8,10H2,1-2H3. The van der Waals surface area contributed by atoms with Gasteiger partial charge in [-0.25, -0.2) is 0 Å². The lowest BCUT2D eigenvalue weighted by molar-refractivity contribution is 0.0623. The summed E-state index contributed by atoms with van der Waals surface area (Å²) < 4.78 is 8.22. The van der Waals surface area contributed by atoms with E-state index in [0.29, 0.717) is 0 Å². The predicted octanol–water partition coefficient (Wildman–Crippen LogP) is 2.54. The Morgan fingerprint density at radius 3 is 3.11 bits per heavy atom. The molecule has 1 N–H and O–H groups in total. The quantitative estimate of drug-likeness (QED) is 0.834. The number of hydrogen-bond acceptors (Lipinski definition) is 2. The minimum atomic E-state index is 0.171. The van der Waals surface area contributed by atoms with E-state index < -0.39 is 0 Å². The number of aryl methyl sites for hydroxylation is 2. The molecule has 0 amide bonds. The molecule has 18 heavy (non-hydrogen) atoms. The van der Waals surface area contributed by atoms with Crippen LogP contribution in [0.3, 0.4) is 0 Å². The fraction of sp³-hybridized carbons (Fsp3) is 0.467. The van der Waals surface area contributed by atoms with Crippen LogP contribution in [-0.2, 0) is 11.8 Å². The van der Waals surface area contributed by atoms with Gasteiger partial charge in [-0.05, 0) is 37.6 Å². The van der Waals surface area contributed by atoms with Crippen LogP contribution in [0.4, 0.5) is 0 Å². The monoisotopic (exact) mass is 244 g/mol. The Morgan fingerprint density at radius 1 is 1.39 bits per heavy atom. The van der Waals surface area contributed by atoms with Gasteiger partial charge >= 0.3 is 0 Å². The third-order valence-electron chi connectivity index (χ3n) is 3.82. The van der Waals surface area contributed by atoms with Gasteiger partial charge in [-0.15, -0.1) is 0 Å². The smallest absolute Gasteiger partial charge is 0.110 e. The second-order valence-electron chi connectivity index (χ2n) is 5.05. The largest absolute Gasteiger partial charge is 0.371 e. The summed E-state index contributed by atoms with van der Waals surface area (Å²) in [6.45, 7) is 4.97. The minimum Gasteiger partial charge on any atom is -0.371 e. The molecule has 0 spiro atoms. The van der Waals surface area contributed by atoms with Gasteiger partial charge in [-0.1, -0.05) is 12.1 Å². The van der Waals surface area contributed by atoms with Gasteiger partial charge in [0.05, 0.1) is 0 Å². The predicted molar refractivity (Wildman–Crippen MR) is 73.8 cm³/mol. The highest BCUT2D eigenvalue weighted by atomic mass is 16.5. The topological polar surface area (TPSA) is 26.2 Å². The van der Waals surface area contributed by atoms with Crippen molar-refractivity contribution in [3.05, 3.63) is 35.5 Å². The van der Waals surface area contributed by atoms with Crippen LogP contribution in [0.1, 0.15) is 23.8 Å². The molecular weight excluding hydrogens is 224 g/mol. The molecule has 1 atom stereocenters. The molecule has 0 aliphatic carbocycles. The maximum atomic E-state index is 5.96. The van der Waals surface area contributed by atoms with E-state index in [1.165, 1.54) is 22.2 Å². The van der Waals surface area contributed by atoms with Crippen LogP contribution >= 0.6 is 0 Å². The Kier molecular flexibility index (Phi) is 3.10. The molecule has 1 aliphatic rings. The fourth-order valence-electron chi connectivity index (χ4n) is 2.74. The van der Waals surface area contributed by atoms with Crippen molar-refractivity contribution in [2.75, 3.05) is 19.7 Å². The van der Waals surface area contributed by atoms with Crippen LogP contribution in [-0.4, -0.2) is 24.3 Å². The number of fused-ring (bicyclic) bond motifs is 1. The summed E-state index contributed by atoms with van der Waals surface area (Å²) >= 11 is 0. The molecule has 0 radical (unpaired) electrons. The summed E-state index contributed by atoms with van der Waals surface area (Å²) in [6.07, 6.45) is 1.27. The molecule has 1 aromatic heterocycles. The van der Waals surface area contributed by atoms with Crippen LogP contribution < -0.4 is 5.32 Å². The molecule has 3 nitrogen and oxygen atoms in total. The number of ether oxygens (including phenoxy) is 1. The molecule has 96 valence electrons. The number of aromatic nitrogens is 1. The zero-order chi connectivity index (χ0) is 12.5. The van der Waals surface area contributed by atoms with Gasteiger partial charge in [-0.2, -0.15) is 0 Å². The van der Waals surface area contributed by atoms with E-state index >= 15 is 0 Å². The van der Waals surface area contributed by atoms with Crippen molar-refractivity contribution < 1.29 is 4.74 Å². The van der Waals surface area contributed by atoms with Gasteiger partial charge < -0.3 is 14.6 Å². The second-order valence-corrected chi connectivity index (χ2v) is 5.05. The third-order valence-corrected chi connectivity index (χ3v) is 3.82. The van der Waals surface area contributed by atoms with Crippen LogP contribution in [0.2, 0.25) is 0 Å². The Bertz CT molecular complexity index is 551. The second kappa shape index (κ2) is 4.75. The normalized spacial score (nSPS) is 21.1. The maximum Gasteiger partial charge on any atom is 0.110 e. The van der Waals surface area contributed by atoms with E-state index in [9.17, 15) is 0 Å². The first kappa shape index (κ1) is 11.8. The van der Waals surface area contributed by atoms with E-state index in [4.69, 9.17) is 4.74 Å². The Hall–Kier alpha value is -1.32. The Balaban J connectivity index is 2.06. The molecule has 0 saturated carbocycles. The van der Waals surface area contributed by atoms with Crippen molar-refractivity contribution in [2.24, 2.45) is 7.05 Å². The van der Waals surface area contributed by atoms with Crippen LogP contribution in [0.25, 0.3) is 10.9 Å². The number of rotatable bonds is 1. The summed E-state index contributed by atoms with van der Waals surface area (Å²) in [4.78, 5) is 0. The summed E-state index contributed by atoms with van der Waals surface area (Å²) in [5.41, 5.74) is 3.89. The lowest BCUT2D eigenvalue weighted by Gasteiger charge is -2.16. The maximum absolute atomic E-state index is 5.96. The number of hydrogen-bond donors (Lipinski definition) is 1. The average molecular weight is 244 g/mol. The number of nitrogens with one attached hydrogen (secondary N) is 1. The van der Waals surface area contributed by atoms with Gasteiger partial charge in [-0.3, -0.25) is 0 Å². The van der Waals surface area contributed by atoms with Crippen LogP contribution in [0.5, 0.6) is 0 Å². The molecule has 3 heteroatoms. The summed E-state index contributed by atoms with van der Waals surface area (Å²) in [6, 6.07) is 8.74. The molecule has 1 unspecified atom stereocenters. The highest BCUT2D eigenvalue weighted by Gasteiger charge is 2.19. The molecule has 0 bridgehead atoms. The van der Waals surface area contributed by atoms with Crippen molar-refractivity contribution in [1.82, 2.24) is 9.88 Å². The van der Waals surface area contributed by atoms with E-state index in [-0.39, 0.29) is 6.10 Å². The Morgan fingerprint density at radius 2 is 2.28 bits per heavy atom. The van der Waals surface area contributed by atoms with Crippen LogP contribution in [0.15, 0.2) is 24.3 Å². The lowest BCUT2D eigenvalue weighted by atomic mass is 10.1. The molecule has 2 heterocycles. The number of benzene rings is 1. The fourth-order valence-corrected chi connectivity index (χ4v) is 2.74. The first-order valence-electron chi connectivity index (χ1n) is 6.64. The molecule has 1 fully saturated rings. The van der Waals surface area contributed by atoms with Crippen molar-refractivity contribution >= 4 is 10.9 Å². The molecule has 2 aromatic rings. The van der Waals surface area contributed by atoms with Crippen LogP contribution in [0, 0.1) is 6.92 Å². The molecule has 1 aliphatic heterocycles. The molecule has 1 saturated heterocycles. The van der Waals surface area contributed by atoms with E-state index in [2.05, 4.69) is 48.1 Å². The highest BCUT2D eigenvalue weighted by molar-refractivity contribution is 5.84. The summed E-state index contributed by atoms with van der Waals surface area (Å²) in [7, 11) is 2.13. The van der Waals surface area contributed by atoms with E-state index in [0.717, 1.165) is 26.1 Å². The zero-order valence-electron chi connectivity index (χ0n) is 11.1. The first-order valence-corrected chi connectivity index (χ1v) is 6.64. The summed E-state index contributed by atoms with van der Waals surface area (Å²) in [5, 5.41) is 4.78. The van der Waals surface area contributed by atoms with Gasteiger partial charge in [0.25, 0.3) is 0 Å². The molecule has 1 aromatic carbocycles. The molecular formula is C15H20N2O. The van der Waals surface area contributed by atoms with Crippen molar-refractivity contribution in [2.45, 2.75) is 19.4 Å². The van der Waals surface area contributed by atoms with Crippen molar-refractivity contribution in [3.63, 3.8) is 0 Å². The number of nitrogens with zero attached hydrogens (tertiary/aromatic N) is 1. The highest BCUT2D eigenvalue weighted by Crippen LogP contribution is 2.27. The van der Waals surface area contributed by atoms with Gasteiger partial charge in [0.15, 0.2) is 0 Å².